The largest absolute Gasteiger partial charge is 0.392 e. The molecule has 0 bridgehead atoms. The lowest BCUT2D eigenvalue weighted by Crippen LogP contribution is -2.26. The monoisotopic (exact) mass is 767 g/mol. The lowest BCUT2D eigenvalue weighted by Gasteiger charge is -2.12. The molecule has 282 valence electrons. The zero-order valence-corrected chi connectivity index (χ0v) is 31.4. The number of carbonyl (C=O) groups excluding carboxylic acids is 2. The fraction of sp³-hybridized carbons (Fsp3) is 0.227. The van der Waals surface area contributed by atoms with Gasteiger partial charge in [0, 0.05) is 56.5 Å². The molecule has 0 fully saturated rings. The zero-order valence-electron chi connectivity index (χ0n) is 30.7. The van der Waals surface area contributed by atoms with Crippen LogP contribution in [0.25, 0.3) is 49.1 Å². The molecule has 3 heterocycles. The Morgan fingerprint density at radius 2 is 1.61 bits per heavy atom. The van der Waals surface area contributed by atoms with E-state index in [-0.39, 0.29) is 36.1 Å². The quantitative estimate of drug-likeness (QED) is 0.0679. The summed E-state index contributed by atoms with van der Waals surface area (Å²) < 4.78 is 3.18. The number of nitro groups is 1. The van der Waals surface area contributed by atoms with Gasteiger partial charge in [0.25, 0.3) is 17.2 Å². The number of fused-ring (bicyclic) bond motifs is 5. The molecule has 0 aliphatic heterocycles. The van der Waals surface area contributed by atoms with E-state index >= 15 is 0 Å². The number of rotatable bonds is 13. The highest BCUT2D eigenvalue weighted by Crippen LogP contribution is 2.33. The standard InChI is InChI=1S/C44H38ClN5O6/c1-26-35(36-22-27(25-51)11-19-38(36)48(26)43(53)29-12-15-30(45)16-13-29)24-40(52)46-21-6-4-2-3-5-8-28-14-18-33-41-32(28)9-7-10-34(41)44(54)49-39-20-17-31(50(55)56)23-37(39)47-42(33)49/h7,9-20,22-23,51H,2-6,8,21,24-25H2,1H3,(H,46,52). The number of halogens is 1. The molecule has 0 radical (unpaired) electrons. The number of hydrogen-bond acceptors (Lipinski definition) is 7. The van der Waals surface area contributed by atoms with Crippen LogP contribution in [0.2, 0.25) is 5.02 Å². The van der Waals surface area contributed by atoms with E-state index in [1.165, 1.54) is 12.1 Å². The number of pyridine rings is 1. The summed E-state index contributed by atoms with van der Waals surface area (Å²) in [7, 11) is 0. The smallest absolute Gasteiger partial charge is 0.271 e. The molecule has 56 heavy (non-hydrogen) atoms. The second-order valence-electron chi connectivity index (χ2n) is 14.3. The molecule has 0 atom stereocenters. The Kier molecular flexibility index (Phi) is 9.96. The summed E-state index contributed by atoms with van der Waals surface area (Å²) in [6.45, 7) is 2.24. The first-order chi connectivity index (χ1) is 27.1. The minimum Gasteiger partial charge on any atom is -0.392 e. The number of nitro benzene ring substituents is 1. The molecule has 0 spiro atoms. The Bertz CT molecular complexity index is 2900. The number of aliphatic hydroxyl groups is 1. The van der Waals surface area contributed by atoms with Crippen molar-refractivity contribution >= 4 is 78.2 Å². The van der Waals surface area contributed by atoms with Crippen molar-refractivity contribution < 1.29 is 19.6 Å². The Hall–Kier alpha value is -6.17. The molecule has 2 N–H and O–H groups in total. The summed E-state index contributed by atoms with van der Waals surface area (Å²) in [6, 6.07) is 26.4. The van der Waals surface area contributed by atoms with E-state index in [4.69, 9.17) is 11.6 Å². The predicted octanol–water partition coefficient (Wildman–Crippen LogP) is 8.45. The number of aromatic nitrogens is 3. The third-order valence-electron chi connectivity index (χ3n) is 10.8. The summed E-state index contributed by atoms with van der Waals surface area (Å²) >= 11 is 6.05. The molecule has 0 aliphatic rings. The summed E-state index contributed by atoms with van der Waals surface area (Å²) in [4.78, 5) is 56.1. The number of non-ortho nitro benzene ring substituents is 1. The van der Waals surface area contributed by atoms with Gasteiger partial charge in [0.2, 0.25) is 5.91 Å². The van der Waals surface area contributed by atoms with Gasteiger partial charge in [0.15, 0.2) is 0 Å². The number of aliphatic hydroxyl groups excluding tert-OH is 1. The minimum atomic E-state index is -0.463. The van der Waals surface area contributed by atoms with Crippen molar-refractivity contribution in [3.63, 3.8) is 0 Å². The third kappa shape index (κ3) is 6.62. The highest BCUT2D eigenvalue weighted by molar-refractivity contribution is 6.30. The molecule has 0 unspecified atom stereocenters. The van der Waals surface area contributed by atoms with E-state index in [1.807, 2.05) is 43.3 Å². The number of unbranched alkanes of at least 4 members (excludes halogenated alkanes) is 4. The lowest BCUT2D eigenvalue weighted by atomic mass is 9.95. The number of nitrogens with zero attached hydrogens (tertiary/aromatic N) is 4. The fourth-order valence-electron chi connectivity index (χ4n) is 8.00. The van der Waals surface area contributed by atoms with Crippen LogP contribution >= 0.6 is 11.6 Å². The number of hydrogen-bond donors (Lipinski definition) is 2. The molecule has 0 saturated carbocycles. The molecule has 11 nitrogen and oxygen atoms in total. The molecule has 1 amide bonds. The number of aryl methyl sites for hydroxylation is 1. The van der Waals surface area contributed by atoms with Gasteiger partial charge in [-0.05, 0) is 96.8 Å². The van der Waals surface area contributed by atoms with Crippen molar-refractivity contribution in [2.24, 2.45) is 0 Å². The number of amides is 1. The second-order valence-corrected chi connectivity index (χ2v) is 14.7. The van der Waals surface area contributed by atoms with Crippen LogP contribution in [0.15, 0.2) is 95.8 Å². The molecule has 8 aromatic rings. The average molecular weight is 768 g/mol. The molecule has 0 saturated heterocycles. The maximum Gasteiger partial charge on any atom is 0.271 e. The first kappa shape index (κ1) is 36.8. The lowest BCUT2D eigenvalue weighted by molar-refractivity contribution is -0.384. The van der Waals surface area contributed by atoms with Crippen molar-refractivity contribution in [2.75, 3.05) is 6.54 Å². The van der Waals surface area contributed by atoms with Crippen LogP contribution in [-0.2, 0) is 24.2 Å². The molecular weight excluding hydrogens is 730 g/mol. The van der Waals surface area contributed by atoms with E-state index in [1.54, 1.807) is 45.4 Å². The van der Waals surface area contributed by atoms with Crippen LogP contribution in [-0.4, -0.2) is 42.3 Å². The van der Waals surface area contributed by atoms with E-state index in [9.17, 15) is 29.6 Å². The van der Waals surface area contributed by atoms with Gasteiger partial charge >= 0.3 is 0 Å². The van der Waals surface area contributed by atoms with E-state index in [0.717, 1.165) is 71.2 Å². The summed E-state index contributed by atoms with van der Waals surface area (Å²) in [5.74, 6) is -0.344. The van der Waals surface area contributed by atoms with Crippen LogP contribution in [0, 0.1) is 17.0 Å². The summed E-state index contributed by atoms with van der Waals surface area (Å²) in [5, 5.41) is 28.8. The van der Waals surface area contributed by atoms with E-state index in [0.29, 0.717) is 56.0 Å². The Morgan fingerprint density at radius 3 is 2.39 bits per heavy atom. The molecule has 0 aliphatic carbocycles. The first-order valence-corrected chi connectivity index (χ1v) is 19.1. The molecule has 8 rings (SSSR count). The van der Waals surface area contributed by atoms with Gasteiger partial charge in [-0.15, -0.1) is 0 Å². The SMILES string of the molecule is Cc1c(CC(=O)NCCCCCCCc2ccc3c4c2cccc4c(=O)n2c4ccc([N+](=O)[O-])cc4nc32)c2cc(CO)ccc2n1C(=O)c1ccc(Cl)cc1. The third-order valence-corrected chi connectivity index (χ3v) is 11.1. The van der Waals surface area contributed by atoms with Crippen LogP contribution in [0.3, 0.4) is 0 Å². The van der Waals surface area contributed by atoms with Gasteiger partial charge in [0.05, 0.1) is 34.5 Å². The Balaban J connectivity index is 0.878. The highest BCUT2D eigenvalue weighted by Gasteiger charge is 2.23. The predicted molar refractivity (Wildman–Crippen MR) is 219 cm³/mol. The Labute approximate surface area is 325 Å². The number of benzene rings is 5. The van der Waals surface area contributed by atoms with E-state index in [2.05, 4.69) is 16.4 Å². The van der Waals surface area contributed by atoms with Crippen LogP contribution in [0.4, 0.5) is 5.69 Å². The summed E-state index contributed by atoms with van der Waals surface area (Å²) in [5.41, 5.74) is 5.64. The normalized spacial score (nSPS) is 11.8. The zero-order chi connectivity index (χ0) is 39.1. The highest BCUT2D eigenvalue weighted by atomic mass is 35.5. The topological polar surface area (TPSA) is 149 Å². The van der Waals surface area contributed by atoms with Gasteiger partial charge in [0.1, 0.15) is 5.65 Å². The number of nitrogens with one attached hydrogen (secondary N) is 1. The molecule has 3 aromatic heterocycles. The molecule has 12 heteroatoms. The average Bonchev–Trinajstić information content (AvgIpc) is 3.72. The van der Waals surface area contributed by atoms with Crippen molar-refractivity contribution in [1.29, 1.82) is 0 Å². The van der Waals surface area contributed by atoms with Gasteiger partial charge in [-0.2, -0.15) is 0 Å². The summed E-state index contributed by atoms with van der Waals surface area (Å²) in [6.07, 6.45) is 5.74. The van der Waals surface area contributed by atoms with Gasteiger partial charge < -0.3 is 10.4 Å². The second kappa shape index (κ2) is 15.2. The maximum absolute atomic E-state index is 13.7. The van der Waals surface area contributed by atoms with Crippen molar-refractivity contribution in [2.45, 2.75) is 58.5 Å². The molecule has 5 aromatic carbocycles. The minimum absolute atomic E-state index is 0.0706. The number of carbonyl (C=O) groups is 2. The van der Waals surface area contributed by atoms with Crippen LogP contribution in [0.5, 0.6) is 0 Å². The van der Waals surface area contributed by atoms with Crippen LogP contribution in [0.1, 0.15) is 64.8 Å². The van der Waals surface area contributed by atoms with Gasteiger partial charge in [-0.25, -0.2) is 4.98 Å². The van der Waals surface area contributed by atoms with Crippen LogP contribution < -0.4 is 10.9 Å². The number of imidazole rings is 1. The van der Waals surface area contributed by atoms with Crippen molar-refractivity contribution in [1.82, 2.24) is 19.3 Å². The van der Waals surface area contributed by atoms with Gasteiger partial charge in [-0.3, -0.25) is 33.5 Å². The van der Waals surface area contributed by atoms with Crippen molar-refractivity contribution in [3.8, 4) is 0 Å². The Morgan fingerprint density at radius 1 is 0.857 bits per heavy atom. The first-order valence-electron chi connectivity index (χ1n) is 18.7. The van der Waals surface area contributed by atoms with Gasteiger partial charge in [-0.1, -0.05) is 61.2 Å². The fourth-order valence-corrected chi connectivity index (χ4v) is 8.12. The van der Waals surface area contributed by atoms with E-state index < -0.39 is 4.92 Å². The molecular formula is C44H38ClN5O6. The maximum atomic E-state index is 13.7. The van der Waals surface area contributed by atoms with Crippen molar-refractivity contribution in [3.05, 3.63) is 144 Å².